The summed E-state index contributed by atoms with van der Waals surface area (Å²) < 4.78 is 10.3. The van der Waals surface area contributed by atoms with Gasteiger partial charge in [-0.3, -0.25) is 30.1 Å². The molecule has 0 radical (unpaired) electrons. The third kappa shape index (κ3) is 6.94. The van der Waals surface area contributed by atoms with Gasteiger partial charge in [0.15, 0.2) is 11.5 Å². The number of halogens is 1. The molecule has 2 rings (SSSR count). The molecule has 0 aliphatic heterocycles. The maximum atomic E-state index is 12.2. The van der Waals surface area contributed by atoms with E-state index < -0.39 is 11.8 Å². The number of benzene rings is 2. The fourth-order valence-electron chi connectivity index (χ4n) is 2.53. The van der Waals surface area contributed by atoms with Gasteiger partial charge >= 0.3 is 0 Å². The van der Waals surface area contributed by atoms with Crippen LogP contribution >= 0.6 is 11.6 Å². The molecular formula is C20H23ClN4O5. The zero-order valence-electron chi connectivity index (χ0n) is 16.8. The minimum atomic E-state index is -0.523. The van der Waals surface area contributed by atoms with Crippen molar-refractivity contribution in [2.75, 3.05) is 39.7 Å². The first kappa shape index (κ1) is 23.0. The molecule has 3 amide bonds. The van der Waals surface area contributed by atoms with Gasteiger partial charge in [0, 0.05) is 16.3 Å². The maximum Gasteiger partial charge on any atom is 0.269 e. The van der Waals surface area contributed by atoms with Crippen LogP contribution in [0.4, 0.5) is 5.69 Å². The number of hydrogen-bond acceptors (Lipinski definition) is 6. The summed E-state index contributed by atoms with van der Waals surface area (Å²) in [6.45, 7) is -0.126. The van der Waals surface area contributed by atoms with E-state index in [1.54, 1.807) is 37.4 Å². The first-order valence-electron chi connectivity index (χ1n) is 8.87. The van der Waals surface area contributed by atoms with Crippen LogP contribution in [0.2, 0.25) is 5.02 Å². The molecule has 0 aromatic heterocycles. The van der Waals surface area contributed by atoms with Crippen molar-refractivity contribution in [2.24, 2.45) is 0 Å². The van der Waals surface area contributed by atoms with E-state index in [0.29, 0.717) is 22.2 Å². The number of carbonyl (C=O) groups is 3. The summed E-state index contributed by atoms with van der Waals surface area (Å²) in [6.07, 6.45) is 0. The molecule has 0 fully saturated rings. The van der Waals surface area contributed by atoms with E-state index in [4.69, 9.17) is 21.1 Å². The van der Waals surface area contributed by atoms with Crippen LogP contribution in [0.15, 0.2) is 42.5 Å². The normalized spacial score (nSPS) is 10.3. The molecule has 30 heavy (non-hydrogen) atoms. The Morgan fingerprint density at radius 3 is 2.30 bits per heavy atom. The quantitative estimate of drug-likeness (QED) is 0.545. The van der Waals surface area contributed by atoms with Gasteiger partial charge in [0.2, 0.25) is 5.91 Å². The molecule has 0 atom stereocenters. The third-order valence-electron chi connectivity index (χ3n) is 3.90. The predicted molar refractivity (Wildman–Crippen MR) is 113 cm³/mol. The first-order chi connectivity index (χ1) is 14.3. The fourth-order valence-corrected chi connectivity index (χ4v) is 2.72. The largest absolute Gasteiger partial charge is 0.493 e. The van der Waals surface area contributed by atoms with Crippen molar-refractivity contribution in [3.8, 4) is 11.5 Å². The van der Waals surface area contributed by atoms with Crippen molar-refractivity contribution in [1.82, 2.24) is 15.8 Å². The van der Waals surface area contributed by atoms with E-state index >= 15 is 0 Å². The smallest absolute Gasteiger partial charge is 0.269 e. The first-order valence-corrected chi connectivity index (χ1v) is 9.25. The fraction of sp³-hybridized carbons (Fsp3) is 0.250. The Kier molecular flexibility index (Phi) is 8.45. The summed E-state index contributed by atoms with van der Waals surface area (Å²) in [6, 6.07) is 11.4. The van der Waals surface area contributed by atoms with Crippen molar-refractivity contribution >= 4 is 35.0 Å². The summed E-state index contributed by atoms with van der Waals surface area (Å²) in [5.41, 5.74) is 5.46. The lowest BCUT2D eigenvalue weighted by Crippen LogP contribution is -2.46. The molecule has 2 aromatic carbocycles. The Morgan fingerprint density at radius 2 is 1.63 bits per heavy atom. The highest BCUT2D eigenvalue weighted by molar-refractivity contribution is 6.30. The number of hydrazine groups is 1. The number of carbonyl (C=O) groups excluding carboxylic acids is 3. The number of likely N-dealkylation sites (N-methyl/N-ethyl adjacent to an activating group) is 1. The Balaban J connectivity index is 1.79. The van der Waals surface area contributed by atoms with Gasteiger partial charge < -0.3 is 14.8 Å². The Morgan fingerprint density at radius 1 is 0.933 bits per heavy atom. The molecule has 9 nitrogen and oxygen atoms in total. The molecule has 2 aromatic rings. The lowest BCUT2D eigenvalue weighted by Gasteiger charge is -2.16. The van der Waals surface area contributed by atoms with Crippen LogP contribution in [0, 0.1) is 0 Å². The average Bonchev–Trinajstić information content (AvgIpc) is 2.71. The molecule has 0 aliphatic carbocycles. The Labute approximate surface area is 179 Å². The van der Waals surface area contributed by atoms with Crippen molar-refractivity contribution in [3.63, 3.8) is 0 Å². The second kappa shape index (κ2) is 11.0. The minimum absolute atomic E-state index is 0.0242. The number of nitrogens with zero attached hydrogens (tertiary/aromatic N) is 1. The van der Waals surface area contributed by atoms with Crippen LogP contribution in [0.1, 0.15) is 10.4 Å². The predicted octanol–water partition coefficient (Wildman–Crippen LogP) is 1.69. The molecule has 0 bridgehead atoms. The number of amides is 3. The van der Waals surface area contributed by atoms with Crippen molar-refractivity contribution in [1.29, 1.82) is 0 Å². The molecule has 0 aliphatic rings. The zero-order chi connectivity index (χ0) is 22.1. The highest BCUT2D eigenvalue weighted by atomic mass is 35.5. The molecule has 0 saturated carbocycles. The average molecular weight is 435 g/mol. The molecule has 160 valence electrons. The van der Waals surface area contributed by atoms with Crippen molar-refractivity contribution in [3.05, 3.63) is 53.1 Å². The van der Waals surface area contributed by atoms with E-state index in [-0.39, 0.29) is 24.6 Å². The van der Waals surface area contributed by atoms with Crippen LogP contribution in [0.25, 0.3) is 0 Å². The highest BCUT2D eigenvalue weighted by Gasteiger charge is 2.14. The lowest BCUT2D eigenvalue weighted by atomic mass is 10.2. The van der Waals surface area contributed by atoms with Gasteiger partial charge in [0.25, 0.3) is 11.8 Å². The Bertz CT molecular complexity index is 922. The topological polar surface area (TPSA) is 109 Å². The monoisotopic (exact) mass is 434 g/mol. The van der Waals surface area contributed by atoms with E-state index in [9.17, 15) is 14.4 Å². The van der Waals surface area contributed by atoms with Gasteiger partial charge in [-0.25, -0.2) is 0 Å². The summed E-state index contributed by atoms with van der Waals surface area (Å²) >= 11 is 5.88. The number of ether oxygens (including phenoxy) is 2. The number of methoxy groups -OCH3 is 2. The molecule has 0 unspecified atom stereocenters. The number of rotatable bonds is 8. The summed E-state index contributed by atoms with van der Waals surface area (Å²) in [5.74, 6) is -0.438. The third-order valence-corrected chi connectivity index (χ3v) is 4.13. The van der Waals surface area contributed by atoms with Crippen LogP contribution in [0.5, 0.6) is 11.5 Å². The molecular weight excluding hydrogens is 412 g/mol. The van der Waals surface area contributed by atoms with Gasteiger partial charge in [0.1, 0.15) is 0 Å². The summed E-state index contributed by atoms with van der Waals surface area (Å²) in [5, 5.41) is 3.20. The summed E-state index contributed by atoms with van der Waals surface area (Å²) in [4.78, 5) is 37.8. The maximum absolute atomic E-state index is 12.2. The van der Waals surface area contributed by atoms with Crippen LogP contribution in [-0.2, 0) is 9.59 Å². The van der Waals surface area contributed by atoms with E-state index in [1.165, 1.54) is 31.3 Å². The highest BCUT2D eigenvalue weighted by Crippen LogP contribution is 2.27. The molecule has 0 saturated heterocycles. The molecule has 10 heteroatoms. The van der Waals surface area contributed by atoms with E-state index in [1.807, 2.05) is 0 Å². The van der Waals surface area contributed by atoms with Gasteiger partial charge in [0.05, 0.1) is 27.3 Å². The van der Waals surface area contributed by atoms with Crippen molar-refractivity contribution in [2.45, 2.75) is 0 Å². The zero-order valence-corrected chi connectivity index (χ0v) is 17.6. The SMILES string of the molecule is COc1ccc(C(=O)NNC(=O)CN(C)CC(=O)Nc2cccc(Cl)c2)cc1OC. The van der Waals surface area contributed by atoms with Crippen LogP contribution in [-0.4, -0.2) is 57.0 Å². The van der Waals surface area contributed by atoms with Gasteiger partial charge in [-0.2, -0.15) is 0 Å². The van der Waals surface area contributed by atoms with E-state index in [2.05, 4.69) is 16.2 Å². The second-order valence-electron chi connectivity index (χ2n) is 6.30. The number of anilines is 1. The van der Waals surface area contributed by atoms with Crippen molar-refractivity contribution < 1.29 is 23.9 Å². The second-order valence-corrected chi connectivity index (χ2v) is 6.74. The Hall–Kier alpha value is -3.30. The van der Waals surface area contributed by atoms with Gasteiger partial charge in [-0.15, -0.1) is 0 Å². The van der Waals surface area contributed by atoms with Gasteiger partial charge in [-0.1, -0.05) is 17.7 Å². The van der Waals surface area contributed by atoms with E-state index in [0.717, 1.165) is 0 Å². The van der Waals surface area contributed by atoms with Crippen LogP contribution < -0.4 is 25.6 Å². The lowest BCUT2D eigenvalue weighted by molar-refractivity contribution is -0.123. The molecule has 0 heterocycles. The molecule has 0 spiro atoms. The standard InChI is InChI=1S/C20H23ClN4O5/c1-25(11-18(26)22-15-6-4-5-14(21)10-15)12-19(27)23-24-20(28)13-7-8-16(29-2)17(9-13)30-3/h4-10H,11-12H2,1-3H3,(H,22,26)(H,23,27)(H,24,28). The minimum Gasteiger partial charge on any atom is -0.493 e. The van der Waals surface area contributed by atoms with Crippen LogP contribution in [0.3, 0.4) is 0 Å². The summed E-state index contributed by atoms with van der Waals surface area (Å²) in [7, 11) is 4.55. The number of nitrogens with one attached hydrogen (secondary N) is 3. The van der Waals surface area contributed by atoms with Gasteiger partial charge in [-0.05, 0) is 43.4 Å². The number of hydrogen-bond donors (Lipinski definition) is 3. The molecule has 3 N–H and O–H groups in total.